The van der Waals surface area contributed by atoms with Crippen LogP contribution in [0.15, 0.2) is 0 Å². The molecule has 1 saturated carbocycles. The molecule has 4 N–H and O–H groups in total. The van der Waals surface area contributed by atoms with Crippen molar-refractivity contribution < 1.29 is 15.3 Å². The first-order valence-corrected chi connectivity index (χ1v) is 4.91. The molecule has 3 unspecified atom stereocenters. The molecule has 0 aromatic rings. The van der Waals surface area contributed by atoms with Gasteiger partial charge in [0.15, 0.2) is 0 Å². The van der Waals surface area contributed by atoms with Gasteiger partial charge in [-0.15, -0.1) is 0 Å². The van der Waals surface area contributed by atoms with Crippen molar-refractivity contribution >= 4 is 0 Å². The molecule has 78 valence electrons. The number of nitrogens with one attached hydrogen (secondary N) is 1. The van der Waals surface area contributed by atoms with E-state index in [0.29, 0.717) is 18.5 Å². The summed E-state index contributed by atoms with van der Waals surface area (Å²) in [6.07, 6.45) is 2.57. The van der Waals surface area contributed by atoms with Gasteiger partial charge in [0, 0.05) is 19.2 Å². The van der Waals surface area contributed by atoms with Gasteiger partial charge < -0.3 is 20.6 Å². The van der Waals surface area contributed by atoms with Gasteiger partial charge in [0.05, 0.1) is 12.7 Å². The van der Waals surface area contributed by atoms with Gasteiger partial charge in [-0.05, 0) is 18.8 Å². The van der Waals surface area contributed by atoms with E-state index in [2.05, 4.69) is 5.32 Å². The van der Waals surface area contributed by atoms with E-state index in [1.807, 2.05) is 0 Å². The highest BCUT2D eigenvalue weighted by atomic mass is 16.3. The van der Waals surface area contributed by atoms with E-state index in [1.165, 1.54) is 0 Å². The summed E-state index contributed by atoms with van der Waals surface area (Å²) in [5.41, 5.74) is 0. The molecular weight excluding hydrogens is 170 g/mol. The van der Waals surface area contributed by atoms with Crippen LogP contribution < -0.4 is 5.32 Å². The number of hydrogen-bond acceptors (Lipinski definition) is 4. The third kappa shape index (κ3) is 3.23. The average molecular weight is 189 g/mol. The fraction of sp³-hybridized carbons (Fsp3) is 1.00. The van der Waals surface area contributed by atoms with Gasteiger partial charge in [-0.3, -0.25) is 0 Å². The predicted molar refractivity (Wildman–Crippen MR) is 49.3 cm³/mol. The van der Waals surface area contributed by atoms with Crippen LogP contribution in [0.25, 0.3) is 0 Å². The fourth-order valence-corrected chi connectivity index (χ4v) is 1.88. The minimum absolute atomic E-state index is 0.205. The average Bonchev–Trinajstić information content (AvgIpc) is 2.61. The smallest absolute Gasteiger partial charge is 0.0895 e. The zero-order valence-corrected chi connectivity index (χ0v) is 7.82. The van der Waals surface area contributed by atoms with E-state index >= 15 is 0 Å². The second kappa shape index (κ2) is 5.54. The summed E-state index contributed by atoms with van der Waals surface area (Å²) >= 11 is 0. The Hall–Kier alpha value is -0.160. The molecule has 0 heterocycles. The van der Waals surface area contributed by atoms with Gasteiger partial charge in [-0.2, -0.15) is 0 Å². The van der Waals surface area contributed by atoms with Crippen LogP contribution in [0.5, 0.6) is 0 Å². The highest BCUT2D eigenvalue weighted by Crippen LogP contribution is 2.24. The molecule has 0 saturated heterocycles. The Morgan fingerprint density at radius 1 is 1.31 bits per heavy atom. The van der Waals surface area contributed by atoms with Crippen LogP contribution >= 0.6 is 0 Å². The van der Waals surface area contributed by atoms with Crippen molar-refractivity contribution in [2.24, 2.45) is 5.92 Å². The second-order valence-electron chi connectivity index (χ2n) is 3.72. The molecule has 4 nitrogen and oxygen atoms in total. The summed E-state index contributed by atoms with van der Waals surface area (Å²) < 4.78 is 0. The summed E-state index contributed by atoms with van der Waals surface area (Å²) in [5, 5.41) is 29.9. The minimum Gasteiger partial charge on any atom is -0.396 e. The zero-order chi connectivity index (χ0) is 9.68. The molecule has 13 heavy (non-hydrogen) atoms. The van der Waals surface area contributed by atoms with Gasteiger partial charge in [-0.1, -0.05) is 6.42 Å². The van der Waals surface area contributed by atoms with Crippen LogP contribution in [0.2, 0.25) is 0 Å². The van der Waals surface area contributed by atoms with E-state index in [4.69, 9.17) is 15.3 Å². The summed E-state index contributed by atoms with van der Waals surface area (Å²) in [4.78, 5) is 0. The lowest BCUT2D eigenvalue weighted by Crippen LogP contribution is -2.39. The molecule has 1 aliphatic carbocycles. The lowest BCUT2D eigenvalue weighted by molar-refractivity contribution is 0.0884. The molecule has 1 aliphatic rings. The maximum atomic E-state index is 9.10. The van der Waals surface area contributed by atoms with Gasteiger partial charge in [0.25, 0.3) is 0 Å². The maximum Gasteiger partial charge on any atom is 0.0895 e. The quantitative estimate of drug-likeness (QED) is 0.452. The number of hydrogen-bond donors (Lipinski definition) is 4. The molecule has 1 fully saturated rings. The molecule has 0 radical (unpaired) electrons. The monoisotopic (exact) mass is 189 g/mol. The first-order valence-electron chi connectivity index (χ1n) is 4.91. The van der Waals surface area contributed by atoms with Gasteiger partial charge in [0.1, 0.15) is 0 Å². The van der Waals surface area contributed by atoms with E-state index in [-0.39, 0.29) is 13.2 Å². The standard InChI is InChI=1S/C9H19NO3/c11-5-7-2-1-3-9(7)10-4-8(13)6-12/h7-13H,1-6H2. The maximum absolute atomic E-state index is 9.10. The Balaban J connectivity index is 2.19. The second-order valence-corrected chi connectivity index (χ2v) is 3.72. The molecule has 0 bridgehead atoms. The Morgan fingerprint density at radius 3 is 2.69 bits per heavy atom. The summed E-state index contributed by atoms with van der Waals surface area (Å²) in [6.45, 7) is 0.425. The van der Waals surface area contributed by atoms with Crippen molar-refractivity contribution in [2.75, 3.05) is 19.8 Å². The molecule has 0 spiro atoms. The molecule has 1 rings (SSSR count). The highest BCUT2D eigenvalue weighted by molar-refractivity contribution is 4.83. The lowest BCUT2D eigenvalue weighted by Gasteiger charge is -2.20. The first kappa shape index (κ1) is 10.9. The van der Waals surface area contributed by atoms with Crippen molar-refractivity contribution in [3.63, 3.8) is 0 Å². The van der Waals surface area contributed by atoms with Crippen LogP contribution in [0.4, 0.5) is 0 Å². The fourth-order valence-electron chi connectivity index (χ4n) is 1.88. The van der Waals surface area contributed by atoms with E-state index in [1.54, 1.807) is 0 Å². The zero-order valence-electron chi connectivity index (χ0n) is 7.82. The number of aliphatic hydroxyl groups excluding tert-OH is 3. The van der Waals surface area contributed by atoms with Crippen LogP contribution in [-0.2, 0) is 0 Å². The third-order valence-electron chi connectivity index (χ3n) is 2.72. The summed E-state index contributed by atoms with van der Waals surface area (Å²) in [5.74, 6) is 0.325. The summed E-state index contributed by atoms with van der Waals surface area (Å²) in [7, 11) is 0. The van der Waals surface area contributed by atoms with Crippen molar-refractivity contribution in [1.82, 2.24) is 5.32 Å². The van der Waals surface area contributed by atoms with Gasteiger partial charge in [0.2, 0.25) is 0 Å². The summed E-state index contributed by atoms with van der Waals surface area (Å²) in [6, 6.07) is 0.311. The van der Waals surface area contributed by atoms with Crippen LogP contribution in [0.1, 0.15) is 19.3 Å². The molecule has 0 aromatic heterocycles. The molecule has 0 aliphatic heterocycles. The van der Waals surface area contributed by atoms with Crippen molar-refractivity contribution in [1.29, 1.82) is 0 Å². The Kier molecular flexibility index (Phi) is 4.66. The van der Waals surface area contributed by atoms with Gasteiger partial charge in [-0.25, -0.2) is 0 Å². The topological polar surface area (TPSA) is 72.7 Å². The molecule has 3 atom stereocenters. The van der Waals surface area contributed by atoms with E-state index < -0.39 is 6.10 Å². The molecule has 4 heteroatoms. The SMILES string of the molecule is OCC(O)CNC1CCCC1CO. The number of rotatable bonds is 5. The normalized spacial score (nSPS) is 30.7. The predicted octanol–water partition coefficient (Wildman–Crippen LogP) is -0.910. The van der Waals surface area contributed by atoms with Crippen LogP contribution in [0, 0.1) is 5.92 Å². The van der Waals surface area contributed by atoms with Crippen LogP contribution in [0.3, 0.4) is 0 Å². The van der Waals surface area contributed by atoms with Crippen molar-refractivity contribution in [2.45, 2.75) is 31.4 Å². The molecule has 0 aromatic carbocycles. The van der Waals surface area contributed by atoms with E-state index in [9.17, 15) is 0 Å². The largest absolute Gasteiger partial charge is 0.396 e. The Bertz CT molecular complexity index is 143. The molecule has 0 amide bonds. The number of aliphatic hydroxyl groups is 3. The minimum atomic E-state index is -0.681. The van der Waals surface area contributed by atoms with Crippen LogP contribution in [-0.4, -0.2) is 47.2 Å². The highest BCUT2D eigenvalue weighted by Gasteiger charge is 2.26. The van der Waals surface area contributed by atoms with Crippen molar-refractivity contribution in [3.05, 3.63) is 0 Å². The van der Waals surface area contributed by atoms with Crippen molar-refractivity contribution in [3.8, 4) is 0 Å². The first-order chi connectivity index (χ1) is 6.27. The Morgan fingerprint density at radius 2 is 2.08 bits per heavy atom. The lowest BCUT2D eigenvalue weighted by atomic mass is 10.1. The molecular formula is C9H19NO3. The van der Waals surface area contributed by atoms with Gasteiger partial charge >= 0.3 is 0 Å². The van der Waals surface area contributed by atoms with E-state index in [0.717, 1.165) is 19.3 Å². The third-order valence-corrected chi connectivity index (χ3v) is 2.72. The Labute approximate surface area is 78.6 Å².